The molecular weight excluding hydrogens is 254 g/mol. The first-order valence-corrected chi connectivity index (χ1v) is 6.02. The van der Waals surface area contributed by atoms with Crippen molar-refractivity contribution in [1.29, 1.82) is 0 Å². The SMILES string of the molecule is CN1CCC(O)(Cc2ccc(Br)cc2)C1. The van der Waals surface area contributed by atoms with Crippen LogP contribution in [0.1, 0.15) is 12.0 Å². The molecule has 0 aromatic heterocycles. The molecule has 1 aromatic rings. The van der Waals surface area contributed by atoms with Crippen LogP contribution >= 0.6 is 15.9 Å². The zero-order chi connectivity index (χ0) is 10.9. The fourth-order valence-electron chi connectivity index (χ4n) is 2.19. The van der Waals surface area contributed by atoms with Gasteiger partial charge in [-0.05, 0) is 31.2 Å². The standard InChI is InChI=1S/C12H16BrNO/c1-14-7-6-12(15,9-14)8-10-2-4-11(13)5-3-10/h2-5,15H,6-9H2,1H3. The molecule has 1 N–H and O–H groups in total. The van der Waals surface area contributed by atoms with E-state index in [-0.39, 0.29) is 0 Å². The maximum absolute atomic E-state index is 10.3. The normalized spacial score (nSPS) is 27.1. The molecule has 15 heavy (non-hydrogen) atoms. The number of nitrogens with zero attached hydrogens (tertiary/aromatic N) is 1. The highest BCUT2D eigenvalue weighted by Gasteiger charge is 2.34. The predicted octanol–water partition coefficient (Wildman–Crippen LogP) is 2.06. The summed E-state index contributed by atoms with van der Waals surface area (Å²) in [5.41, 5.74) is 0.679. The van der Waals surface area contributed by atoms with Crippen LogP contribution in [0.4, 0.5) is 0 Å². The number of hydrogen-bond donors (Lipinski definition) is 1. The third kappa shape index (κ3) is 2.80. The summed E-state index contributed by atoms with van der Waals surface area (Å²) in [5.74, 6) is 0. The first kappa shape index (κ1) is 11.1. The van der Waals surface area contributed by atoms with Gasteiger partial charge in [-0.2, -0.15) is 0 Å². The summed E-state index contributed by atoms with van der Waals surface area (Å²) < 4.78 is 1.08. The summed E-state index contributed by atoms with van der Waals surface area (Å²) in [5, 5.41) is 10.3. The second-order valence-corrected chi connectivity index (χ2v) is 5.43. The van der Waals surface area contributed by atoms with Crippen LogP contribution in [0.3, 0.4) is 0 Å². The van der Waals surface area contributed by atoms with Gasteiger partial charge in [0.2, 0.25) is 0 Å². The molecule has 2 nitrogen and oxygen atoms in total. The predicted molar refractivity (Wildman–Crippen MR) is 64.9 cm³/mol. The second kappa shape index (κ2) is 4.24. The van der Waals surface area contributed by atoms with Crippen molar-refractivity contribution in [2.75, 3.05) is 20.1 Å². The smallest absolute Gasteiger partial charge is 0.0826 e. The molecule has 82 valence electrons. The Balaban J connectivity index is 2.05. The summed E-state index contributed by atoms with van der Waals surface area (Å²) in [6.45, 7) is 1.77. The van der Waals surface area contributed by atoms with Crippen LogP contribution in [0.15, 0.2) is 28.7 Å². The summed E-state index contributed by atoms with van der Waals surface area (Å²) in [7, 11) is 2.06. The largest absolute Gasteiger partial charge is 0.388 e. The fourth-order valence-corrected chi connectivity index (χ4v) is 2.45. The van der Waals surface area contributed by atoms with Crippen molar-refractivity contribution in [3.05, 3.63) is 34.3 Å². The first-order valence-electron chi connectivity index (χ1n) is 5.23. The number of halogens is 1. The molecule has 1 atom stereocenters. The van der Waals surface area contributed by atoms with Crippen LogP contribution < -0.4 is 0 Å². The Morgan fingerprint density at radius 1 is 1.40 bits per heavy atom. The quantitative estimate of drug-likeness (QED) is 0.889. The first-order chi connectivity index (χ1) is 7.07. The molecule has 0 bridgehead atoms. The van der Waals surface area contributed by atoms with Crippen LogP contribution in [0.2, 0.25) is 0 Å². The molecule has 0 radical (unpaired) electrons. The van der Waals surface area contributed by atoms with E-state index in [4.69, 9.17) is 0 Å². The molecule has 1 unspecified atom stereocenters. The number of likely N-dealkylation sites (N-methyl/N-ethyl adjacent to an activating group) is 1. The van der Waals surface area contributed by atoms with Crippen molar-refractivity contribution in [3.63, 3.8) is 0 Å². The monoisotopic (exact) mass is 269 g/mol. The number of hydrogen-bond acceptors (Lipinski definition) is 2. The second-order valence-electron chi connectivity index (χ2n) is 4.52. The van der Waals surface area contributed by atoms with Crippen molar-refractivity contribution < 1.29 is 5.11 Å². The van der Waals surface area contributed by atoms with E-state index in [1.54, 1.807) is 0 Å². The Morgan fingerprint density at radius 2 is 2.07 bits per heavy atom. The number of aliphatic hydroxyl groups is 1. The molecule has 1 aliphatic heterocycles. The third-order valence-electron chi connectivity index (χ3n) is 2.97. The van der Waals surface area contributed by atoms with Gasteiger partial charge in [-0.15, -0.1) is 0 Å². The zero-order valence-electron chi connectivity index (χ0n) is 8.91. The Bertz CT molecular complexity index is 338. The van der Waals surface area contributed by atoms with E-state index in [2.05, 4.69) is 40.0 Å². The molecule has 0 aliphatic carbocycles. The summed E-state index contributed by atoms with van der Waals surface area (Å²) in [6.07, 6.45) is 1.63. The summed E-state index contributed by atoms with van der Waals surface area (Å²) in [6, 6.07) is 8.19. The third-order valence-corrected chi connectivity index (χ3v) is 3.50. The average molecular weight is 270 g/mol. The van der Waals surface area contributed by atoms with Gasteiger partial charge < -0.3 is 10.0 Å². The fraction of sp³-hybridized carbons (Fsp3) is 0.500. The van der Waals surface area contributed by atoms with Crippen molar-refractivity contribution >= 4 is 15.9 Å². The van der Waals surface area contributed by atoms with E-state index >= 15 is 0 Å². The van der Waals surface area contributed by atoms with E-state index < -0.39 is 5.60 Å². The molecule has 1 aliphatic rings. The summed E-state index contributed by atoms with van der Waals surface area (Å²) >= 11 is 3.41. The maximum atomic E-state index is 10.3. The van der Waals surface area contributed by atoms with Gasteiger partial charge in [0, 0.05) is 24.0 Å². The molecule has 0 spiro atoms. The summed E-state index contributed by atoms with van der Waals surface area (Å²) in [4.78, 5) is 2.18. The van der Waals surface area contributed by atoms with Crippen molar-refractivity contribution in [2.45, 2.75) is 18.4 Å². The highest BCUT2D eigenvalue weighted by atomic mass is 79.9. The van der Waals surface area contributed by atoms with Crippen LogP contribution in [-0.4, -0.2) is 35.7 Å². The topological polar surface area (TPSA) is 23.5 Å². The van der Waals surface area contributed by atoms with Crippen molar-refractivity contribution in [2.24, 2.45) is 0 Å². The zero-order valence-corrected chi connectivity index (χ0v) is 10.5. The van der Waals surface area contributed by atoms with Gasteiger partial charge >= 0.3 is 0 Å². The van der Waals surface area contributed by atoms with Crippen LogP contribution in [-0.2, 0) is 6.42 Å². The lowest BCUT2D eigenvalue weighted by Gasteiger charge is -2.22. The Morgan fingerprint density at radius 3 is 2.60 bits per heavy atom. The molecule has 1 aromatic carbocycles. The minimum atomic E-state index is -0.525. The van der Waals surface area contributed by atoms with Crippen LogP contribution in [0, 0.1) is 0 Å². The minimum Gasteiger partial charge on any atom is -0.388 e. The molecule has 3 heteroatoms. The number of benzene rings is 1. The van der Waals surface area contributed by atoms with E-state index in [9.17, 15) is 5.11 Å². The number of rotatable bonds is 2. The van der Waals surface area contributed by atoms with Gasteiger partial charge in [-0.3, -0.25) is 0 Å². The average Bonchev–Trinajstić information content (AvgIpc) is 2.50. The van der Waals surface area contributed by atoms with E-state index in [1.807, 2.05) is 12.1 Å². The molecule has 0 saturated carbocycles. The van der Waals surface area contributed by atoms with Crippen molar-refractivity contribution in [3.8, 4) is 0 Å². The lowest BCUT2D eigenvalue weighted by Crippen LogP contribution is -2.34. The molecule has 0 amide bonds. The van der Waals surface area contributed by atoms with Gasteiger partial charge in [-0.1, -0.05) is 28.1 Å². The molecule has 1 heterocycles. The highest BCUT2D eigenvalue weighted by Crippen LogP contribution is 2.25. The lowest BCUT2D eigenvalue weighted by molar-refractivity contribution is 0.0523. The Labute approximate surface area is 99.0 Å². The lowest BCUT2D eigenvalue weighted by atomic mass is 9.94. The van der Waals surface area contributed by atoms with E-state index in [0.717, 1.165) is 30.4 Å². The van der Waals surface area contributed by atoms with Gasteiger partial charge in [0.25, 0.3) is 0 Å². The highest BCUT2D eigenvalue weighted by molar-refractivity contribution is 9.10. The minimum absolute atomic E-state index is 0.525. The van der Waals surface area contributed by atoms with Gasteiger partial charge in [-0.25, -0.2) is 0 Å². The van der Waals surface area contributed by atoms with Gasteiger partial charge in [0.05, 0.1) is 5.60 Å². The number of likely N-dealkylation sites (tertiary alicyclic amines) is 1. The molecule has 1 fully saturated rings. The maximum Gasteiger partial charge on any atom is 0.0826 e. The molecule has 2 rings (SSSR count). The van der Waals surface area contributed by atoms with Crippen molar-refractivity contribution in [1.82, 2.24) is 4.90 Å². The van der Waals surface area contributed by atoms with E-state index in [0.29, 0.717) is 0 Å². The number of β-amino-alcohol motifs (C(OH)–C–C–N with tert-alkyl or cyclic N) is 1. The van der Waals surface area contributed by atoms with Crippen LogP contribution in [0.5, 0.6) is 0 Å². The van der Waals surface area contributed by atoms with Gasteiger partial charge in [0.15, 0.2) is 0 Å². The molecule has 1 saturated heterocycles. The molecular formula is C12H16BrNO. The van der Waals surface area contributed by atoms with Gasteiger partial charge in [0.1, 0.15) is 0 Å². The Hall–Kier alpha value is -0.380. The van der Waals surface area contributed by atoms with Crippen LogP contribution in [0.25, 0.3) is 0 Å². The van der Waals surface area contributed by atoms with E-state index in [1.165, 1.54) is 5.56 Å². The Kier molecular flexibility index (Phi) is 3.14.